The van der Waals surface area contributed by atoms with Crippen LogP contribution in [-0.4, -0.2) is 74.7 Å². The number of carbonyl (C=O) groups is 1. The number of amides is 1. The minimum Gasteiger partial charge on any atom is -0.508 e. The topological polar surface area (TPSA) is 116 Å². The first kappa shape index (κ1) is 25.5. The van der Waals surface area contributed by atoms with Gasteiger partial charge in [-0.1, -0.05) is 19.1 Å². The van der Waals surface area contributed by atoms with E-state index in [1.807, 2.05) is 24.4 Å². The number of halogens is 3. The van der Waals surface area contributed by atoms with Gasteiger partial charge in [0.15, 0.2) is 5.82 Å². The Kier molecular flexibility index (Phi) is 7.45. The van der Waals surface area contributed by atoms with Crippen molar-refractivity contribution in [3.8, 4) is 28.6 Å². The number of benzene rings is 2. The summed E-state index contributed by atoms with van der Waals surface area (Å²) >= 11 is 0. The zero-order valence-electron chi connectivity index (χ0n) is 19.6. The molecule has 36 heavy (non-hydrogen) atoms. The summed E-state index contributed by atoms with van der Waals surface area (Å²) in [7, 11) is 0. The minimum absolute atomic E-state index is 0.0502. The maximum atomic E-state index is 12.7. The maximum Gasteiger partial charge on any atom is 0.405 e. The van der Waals surface area contributed by atoms with E-state index < -0.39 is 18.6 Å². The first-order valence-electron chi connectivity index (χ1n) is 11.5. The molecule has 0 radical (unpaired) electrons. The predicted octanol–water partition coefficient (Wildman–Crippen LogP) is 2.61. The molecule has 192 valence electrons. The van der Waals surface area contributed by atoms with Gasteiger partial charge in [0.25, 0.3) is 5.91 Å². The summed E-state index contributed by atoms with van der Waals surface area (Å²) in [4.78, 5) is 15.0. The third-order valence-electron chi connectivity index (χ3n) is 5.94. The van der Waals surface area contributed by atoms with Gasteiger partial charge < -0.3 is 20.8 Å². The molecule has 0 atom stereocenters. The number of phenols is 2. The Hall–Kier alpha value is -3.64. The molecule has 4 N–H and O–H groups in total. The number of hydrogen-bond acceptors (Lipinski definition) is 7. The monoisotopic (exact) mass is 504 g/mol. The molecule has 0 bridgehead atoms. The van der Waals surface area contributed by atoms with Crippen LogP contribution in [0.2, 0.25) is 0 Å². The quantitative estimate of drug-likeness (QED) is 0.391. The van der Waals surface area contributed by atoms with Crippen LogP contribution in [0.5, 0.6) is 11.5 Å². The first-order valence-corrected chi connectivity index (χ1v) is 11.5. The van der Waals surface area contributed by atoms with Gasteiger partial charge in [0.05, 0.1) is 5.56 Å². The van der Waals surface area contributed by atoms with Crippen molar-refractivity contribution in [2.24, 2.45) is 0 Å². The summed E-state index contributed by atoms with van der Waals surface area (Å²) in [6.07, 6.45) is -4.15. The molecule has 3 aromatic rings. The fourth-order valence-corrected chi connectivity index (χ4v) is 4.07. The van der Waals surface area contributed by atoms with E-state index in [9.17, 15) is 28.2 Å². The zero-order valence-corrected chi connectivity index (χ0v) is 19.6. The largest absolute Gasteiger partial charge is 0.508 e. The minimum atomic E-state index is -4.60. The Morgan fingerprint density at radius 3 is 2.42 bits per heavy atom. The lowest BCUT2D eigenvalue weighted by Crippen LogP contribution is -2.42. The Morgan fingerprint density at radius 1 is 1.08 bits per heavy atom. The molecule has 1 aromatic heterocycles. The average molecular weight is 505 g/mol. The van der Waals surface area contributed by atoms with Gasteiger partial charge in [0, 0.05) is 44.5 Å². The number of phenolic OH excluding ortho intramolecular Hbond substituents is 2. The maximum absolute atomic E-state index is 12.7. The Balaban J connectivity index is 1.73. The number of aromatic hydroxyl groups is 2. The molecular formula is C24H27F3N6O3. The lowest BCUT2D eigenvalue weighted by atomic mass is 10.1. The molecule has 0 saturated carbocycles. The van der Waals surface area contributed by atoms with E-state index in [4.69, 9.17) is 0 Å². The second-order valence-electron chi connectivity index (χ2n) is 8.52. The lowest BCUT2D eigenvalue weighted by Gasteiger charge is -2.27. The zero-order chi connectivity index (χ0) is 25.9. The average Bonchev–Trinajstić information content (AvgIpc) is 3.28. The Bertz CT molecular complexity index is 1220. The van der Waals surface area contributed by atoms with Crippen LogP contribution in [0.1, 0.15) is 28.7 Å². The number of nitrogens with one attached hydrogen (secondary N) is 2. The third kappa shape index (κ3) is 5.77. The van der Waals surface area contributed by atoms with Crippen molar-refractivity contribution in [1.82, 2.24) is 30.3 Å². The molecule has 2 aromatic carbocycles. The van der Waals surface area contributed by atoms with Gasteiger partial charge in [-0.25, -0.2) is 0 Å². The molecular weight excluding hydrogens is 477 g/mol. The van der Waals surface area contributed by atoms with Gasteiger partial charge >= 0.3 is 6.18 Å². The van der Waals surface area contributed by atoms with Gasteiger partial charge in [-0.15, -0.1) is 10.2 Å². The standard InChI is InChI=1S/C24H27F3N6O3/c1-2-16-11-18(20(35)12-19(16)34)21-30-31-22(23(36)29-14-24(25,26)27)33(21)17-5-3-15(4-6-17)13-32-9-7-28-8-10-32/h3-6,11-12,28,34-35H,2,7-10,13-14H2,1H3,(H,29,36). The molecule has 0 unspecified atom stereocenters. The number of aromatic nitrogens is 3. The van der Waals surface area contributed by atoms with E-state index in [1.165, 1.54) is 10.6 Å². The summed E-state index contributed by atoms with van der Waals surface area (Å²) < 4.78 is 39.4. The van der Waals surface area contributed by atoms with Crippen molar-refractivity contribution < 1.29 is 28.2 Å². The van der Waals surface area contributed by atoms with E-state index in [-0.39, 0.29) is 28.7 Å². The van der Waals surface area contributed by atoms with E-state index in [1.54, 1.807) is 12.1 Å². The molecule has 1 amide bonds. The van der Waals surface area contributed by atoms with Gasteiger partial charge in [0.2, 0.25) is 5.82 Å². The summed E-state index contributed by atoms with van der Waals surface area (Å²) in [5.74, 6) is -1.80. The Labute approximate surface area is 205 Å². The fourth-order valence-electron chi connectivity index (χ4n) is 4.07. The smallest absolute Gasteiger partial charge is 0.405 e. The molecule has 0 aliphatic carbocycles. The van der Waals surface area contributed by atoms with Crippen molar-refractivity contribution in [1.29, 1.82) is 0 Å². The third-order valence-corrected chi connectivity index (χ3v) is 5.94. The summed E-state index contributed by atoms with van der Waals surface area (Å²) in [5.41, 5.74) is 2.16. The van der Waals surface area contributed by atoms with Gasteiger partial charge in [-0.05, 0) is 35.7 Å². The van der Waals surface area contributed by atoms with Crippen molar-refractivity contribution >= 4 is 5.91 Å². The van der Waals surface area contributed by atoms with Crippen molar-refractivity contribution in [3.05, 3.63) is 53.3 Å². The molecule has 9 nitrogen and oxygen atoms in total. The molecule has 1 aliphatic heterocycles. The molecule has 1 fully saturated rings. The normalized spacial score (nSPS) is 14.7. The Morgan fingerprint density at radius 2 is 1.78 bits per heavy atom. The molecule has 1 saturated heterocycles. The number of aryl methyl sites for hydroxylation is 1. The van der Waals surface area contributed by atoms with Crippen LogP contribution in [0.3, 0.4) is 0 Å². The van der Waals surface area contributed by atoms with Crippen LogP contribution >= 0.6 is 0 Å². The molecule has 2 heterocycles. The van der Waals surface area contributed by atoms with Gasteiger partial charge in [-0.2, -0.15) is 13.2 Å². The van der Waals surface area contributed by atoms with Gasteiger partial charge in [-0.3, -0.25) is 14.3 Å². The highest BCUT2D eigenvalue weighted by atomic mass is 19.4. The van der Waals surface area contributed by atoms with Crippen LogP contribution < -0.4 is 10.6 Å². The summed E-state index contributed by atoms with van der Waals surface area (Å²) in [6, 6.07) is 9.86. The van der Waals surface area contributed by atoms with E-state index in [0.717, 1.165) is 44.4 Å². The molecule has 12 heteroatoms. The number of carbonyl (C=O) groups excluding carboxylic acids is 1. The molecule has 0 spiro atoms. The summed E-state index contributed by atoms with van der Waals surface area (Å²) in [5, 5.41) is 33.6. The number of piperazine rings is 1. The predicted molar refractivity (Wildman–Crippen MR) is 126 cm³/mol. The highest BCUT2D eigenvalue weighted by molar-refractivity contribution is 5.92. The molecule has 4 rings (SSSR count). The molecule has 1 aliphatic rings. The highest BCUT2D eigenvalue weighted by Crippen LogP contribution is 2.35. The fraction of sp³-hybridized carbons (Fsp3) is 0.375. The number of nitrogens with zero attached hydrogens (tertiary/aromatic N) is 4. The number of rotatable bonds is 7. The second-order valence-corrected chi connectivity index (χ2v) is 8.52. The van der Waals surface area contributed by atoms with Crippen molar-refractivity contribution in [2.75, 3.05) is 32.7 Å². The van der Waals surface area contributed by atoms with Crippen LogP contribution in [-0.2, 0) is 13.0 Å². The van der Waals surface area contributed by atoms with E-state index in [0.29, 0.717) is 17.7 Å². The summed E-state index contributed by atoms with van der Waals surface area (Å²) in [6.45, 7) is 4.68. The van der Waals surface area contributed by atoms with Crippen LogP contribution in [0.25, 0.3) is 17.1 Å². The van der Waals surface area contributed by atoms with Crippen molar-refractivity contribution in [2.45, 2.75) is 26.1 Å². The van der Waals surface area contributed by atoms with Crippen LogP contribution in [0.4, 0.5) is 13.2 Å². The van der Waals surface area contributed by atoms with Crippen LogP contribution in [0, 0.1) is 0 Å². The second kappa shape index (κ2) is 10.5. The van der Waals surface area contributed by atoms with Crippen LogP contribution in [0.15, 0.2) is 36.4 Å². The van der Waals surface area contributed by atoms with Gasteiger partial charge in [0.1, 0.15) is 18.0 Å². The first-order chi connectivity index (χ1) is 17.2. The van der Waals surface area contributed by atoms with Crippen molar-refractivity contribution in [3.63, 3.8) is 0 Å². The SMILES string of the molecule is CCc1cc(-c2nnc(C(=O)NCC(F)(F)F)n2-c2ccc(CN3CCNCC3)cc2)c(O)cc1O. The number of hydrogen-bond donors (Lipinski definition) is 4. The van der Waals surface area contributed by atoms with E-state index >= 15 is 0 Å². The lowest BCUT2D eigenvalue weighted by molar-refractivity contribution is -0.123. The highest BCUT2D eigenvalue weighted by Gasteiger charge is 2.30. The van der Waals surface area contributed by atoms with E-state index in [2.05, 4.69) is 20.4 Å². The number of alkyl halides is 3.